The summed E-state index contributed by atoms with van der Waals surface area (Å²) >= 11 is 3.34. The van der Waals surface area contributed by atoms with Crippen molar-refractivity contribution < 1.29 is 0 Å². The number of hydrogen-bond acceptors (Lipinski definition) is 4. The number of benzene rings is 2. The molecule has 1 aromatic heterocycles. The average molecular weight is 299 g/mol. The number of nitrogen functional groups attached to an aromatic ring is 1. The molecular formula is C15H13N3S2. The van der Waals surface area contributed by atoms with Crippen molar-refractivity contribution in [2.45, 2.75) is 16.2 Å². The topological polar surface area (TPSA) is 62.8 Å². The van der Waals surface area contributed by atoms with Crippen LogP contribution in [-0.2, 0) is 0 Å². The van der Waals surface area contributed by atoms with Crippen LogP contribution in [-0.4, -0.2) is 10.8 Å². The van der Waals surface area contributed by atoms with Crippen molar-refractivity contribution in [3.8, 4) is 0 Å². The van der Waals surface area contributed by atoms with Gasteiger partial charge in [-0.1, -0.05) is 23.9 Å². The zero-order valence-electron chi connectivity index (χ0n) is 10.9. The standard InChI is InChI=1S/C15H13N3S2/c1-9-8-10(6-7-11(9)14(16)17)19-15-18-12-4-2-3-5-13(12)20-15/h2-8H,1H3,(H3,16,17). The molecule has 0 radical (unpaired) electrons. The third-order valence-corrected chi connectivity index (χ3v) is 5.05. The van der Waals surface area contributed by atoms with E-state index in [1.54, 1.807) is 23.1 Å². The van der Waals surface area contributed by atoms with Crippen molar-refractivity contribution in [1.29, 1.82) is 5.41 Å². The molecule has 0 saturated heterocycles. The molecule has 100 valence electrons. The summed E-state index contributed by atoms with van der Waals surface area (Å²) in [6, 6.07) is 14.1. The number of fused-ring (bicyclic) bond motifs is 1. The zero-order valence-corrected chi connectivity index (χ0v) is 12.5. The van der Waals surface area contributed by atoms with Crippen LogP contribution in [0.4, 0.5) is 0 Å². The van der Waals surface area contributed by atoms with E-state index in [-0.39, 0.29) is 5.84 Å². The molecule has 0 amide bonds. The Morgan fingerprint density at radius 3 is 2.75 bits per heavy atom. The smallest absolute Gasteiger partial charge is 0.155 e. The first-order valence-corrected chi connectivity index (χ1v) is 7.75. The Balaban J connectivity index is 1.90. The van der Waals surface area contributed by atoms with E-state index in [4.69, 9.17) is 11.1 Å². The van der Waals surface area contributed by atoms with Crippen LogP contribution in [0.25, 0.3) is 10.2 Å². The van der Waals surface area contributed by atoms with Gasteiger partial charge in [-0.15, -0.1) is 11.3 Å². The molecule has 0 aliphatic rings. The van der Waals surface area contributed by atoms with Gasteiger partial charge < -0.3 is 5.73 Å². The zero-order chi connectivity index (χ0) is 14.1. The SMILES string of the molecule is Cc1cc(Sc2nc3ccccc3s2)ccc1C(=N)N. The van der Waals surface area contributed by atoms with Crippen LogP contribution in [0.1, 0.15) is 11.1 Å². The number of para-hydroxylation sites is 1. The Labute approximate surface area is 125 Å². The van der Waals surface area contributed by atoms with Crippen LogP contribution in [0.15, 0.2) is 51.7 Å². The summed E-state index contributed by atoms with van der Waals surface area (Å²) in [6.07, 6.45) is 0. The number of nitrogens with two attached hydrogens (primary N) is 1. The first kappa shape index (κ1) is 13.1. The highest BCUT2D eigenvalue weighted by Gasteiger charge is 2.07. The highest BCUT2D eigenvalue weighted by atomic mass is 32.2. The number of thiazole rings is 1. The predicted octanol–water partition coefficient (Wildman–Crippen LogP) is 4.04. The summed E-state index contributed by atoms with van der Waals surface area (Å²) in [6.45, 7) is 1.97. The van der Waals surface area contributed by atoms with Crippen LogP contribution in [0.2, 0.25) is 0 Å². The summed E-state index contributed by atoms with van der Waals surface area (Å²) < 4.78 is 2.23. The predicted molar refractivity (Wildman–Crippen MR) is 85.9 cm³/mol. The highest BCUT2D eigenvalue weighted by Crippen LogP contribution is 2.34. The molecule has 0 saturated carbocycles. The molecule has 1 heterocycles. The minimum absolute atomic E-state index is 0.110. The molecule has 0 aliphatic heterocycles. The fraction of sp³-hybridized carbons (Fsp3) is 0.0667. The molecule has 5 heteroatoms. The molecule has 3 aromatic rings. The first-order valence-electron chi connectivity index (χ1n) is 6.12. The average Bonchev–Trinajstić information content (AvgIpc) is 2.80. The van der Waals surface area contributed by atoms with Gasteiger partial charge in [-0.05, 0) is 42.8 Å². The monoisotopic (exact) mass is 299 g/mol. The van der Waals surface area contributed by atoms with Gasteiger partial charge in [-0.25, -0.2) is 4.98 Å². The van der Waals surface area contributed by atoms with E-state index in [9.17, 15) is 0 Å². The summed E-state index contributed by atoms with van der Waals surface area (Å²) in [4.78, 5) is 5.73. The fourth-order valence-corrected chi connectivity index (χ4v) is 4.14. The maximum atomic E-state index is 7.50. The van der Waals surface area contributed by atoms with Crippen LogP contribution in [0.3, 0.4) is 0 Å². The van der Waals surface area contributed by atoms with Gasteiger partial charge in [0.1, 0.15) is 5.84 Å². The molecule has 0 atom stereocenters. The Bertz CT molecular complexity index is 760. The molecule has 3 nitrogen and oxygen atoms in total. The third-order valence-electron chi connectivity index (χ3n) is 2.97. The van der Waals surface area contributed by atoms with Crippen LogP contribution in [0.5, 0.6) is 0 Å². The van der Waals surface area contributed by atoms with E-state index in [0.29, 0.717) is 0 Å². The Kier molecular flexibility index (Phi) is 3.46. The molecule has 3 N–H and O–H groups in total. The summed E-state index contributed by atoms with van der Waals surface area (Å²) in [5.74, 6) is 0.110. The molecule has 0 spiro atoms. The van der Waals surface area contributed by atoms with E-state index in [0.717, 1.165) is 25.9 Å². The number of nitrogens with zero attached hydrogens (tertiary/aromatic N) is 1. The Morgan fingerprint density at radius 1 is 1.25 bits per heavy atom. The second-order valence-corrected chi connectivity index (χ2v) is 6.79. The summed E-state index contributed by atoms with van der Waals surface area (Å²) in [5, 5.41) is 7.50. The van der Waals surface area contributed by atoms with Crippen molar-refractivity contribution in [2.24, 2.45) is 5.73 Å². The van der Waals surface area contributed by atoms with Crippen LogP contribution >= 0.6 is 23.1 Å². The second-order valence-electron chi connectivity index (χ2n) is 4.44. The maximum absolute atomic E-state index is 7.50. The summed E-state index contributed by atoms with van der Waals surface area (Å²) in [5.41, 5.74) is 8.38. The van der Waals surface area contributed by atoms with E-state index >= 15 is 0 Å². The van der Waals surface area contributed by atoms with Gasteiger partial charge >= 0.3 is 0 Å². The number of aromatic nitrogens is 1. The number of rotatable bonds is 3. The van der Waals surface area contributed by atoms with Crippen molar-refractivity contribution in [3.63, 3.8) is 0 Å². The number of nitrogens with one attached hydrogen (secondary N) is 1. The van der Waals surface area contributed by atoms with Gasteiger partial charge in [0.25, 0.3) is 0 Å². The summed E-state index contributed by atoms with van der Waals surface area (Å²) in [7, 11) is 0. The van der Waals surface area contributed by atoms with E-state index in [1.165, 1.54) is 4.70 Å². The lowest BCUT2D eigenvalue weighted by Gasteiger charge is -2.05. The molecule has 3 rings (SSSR count). The lowest BCUT2D eigenvalue weighted by Crippen LogP contribution is -2.12. The maximum Gasteiger partial charge on any atom is 0.155 e. The normalized spacial score (nSPS) is 10.8. The molecule has 2 aromatic carbocycles. The molecule has 0 aliphatic carbocycles. The van der Waals surface area contributed by atoms with E-state index < -0.39 is 0 Å². The second kappa shape index (κ2) is 5.26. The Morgan fingerprint density at radius 2 is 2.05 bits per heavy atom. The van der Waals surface area contributed by atoms with Gasteiger partial charge in [0.05, 0.1) is 10.2 Å². The lowest BCUT2D eigenvalue weighted by molar-refractivity contribution is 1.27. The van der Waals surface area contributed by atoms with Gasteiger partial charge in [-0.2, -0.15) is 0 Å². The molecule has 20 heavy (non-hydrogen) atoms. The minimum Gasteiger partial charge on any atom is -0.384 e. The van der Waals surface area contributed by atoms with Crippen LogP contribution < -0.4 is 5.73 Å². The van der Waals surface area contributed by atoms with E-state index in [2.05, 4.69) is 11.1 Å². The van der Waals surface area contributed by atoms with Crippen molar-refractivity contribution in [1.82, 2.24) is 4.98 Å². The number of aryl methyl sites for hydroxylation is 1. The van der Waals surface area contributed by atoms with Crippen molar-refractivity contribution in [3.05, 3.63) is 53.6 Å². The first-order chi connectivity index (χ1) is 9.63. The number of amidine groups is 1. The quantitative estimate of drug-likeness (QED) is 0.566. The van der Waals surface area contributed by atoms with Crippen molar-refractivity contribution >= 4 is 39.2 Å². The van der Waals surface area contributed by atoms with Gasteiger partial charge in [0.2, 0.25) is 0 Å². The van der Waals surface area contributed by atoms with Gasteiger partial charge in [0.15, 0.2) is 4.34 Å². The molecule has 0 fully saturated rings. The van der Waals surface area contributed by atoms with Crippen LogP contribution in [0, 0.1) is 12.3 Å². The van der Waals surface area contributed by atoms with Crippen molar-refractivity contribution in [2.75, 3.05) is 0 Å². The third kappa shape index (κ3) is 2.55. The van der Waals surface area contributed by atoms with Gasteiger partial charge in [0, 0.05) is 10.5 Å². The largest absolute Gasteiger partial charge is 0.384 e. The van der Waals surface area contributed by atoms with E-state index in [1.807, 2.05) is 43.3 Å². The molecule has 0 unspecified atom stereocenters. The molecular weight excluding hydrogens is 286 g/mol. The fourth-order valence-electron chi connectivity index (χ4n) is 2.00. The number of hydrogen-bond donors (Lipinski definition) is 2. The lowest BCUT2D eigenvalue weighted by atomic mass is 10.1. The molecule has 0 bridgehead atoms. The highest BCUT2D eigenvalue weighted by molar-refractivity contribution is 8.01. The Hall–Kier alpha value is -1.85. The minimum atomic E-state index is 0.110. The van der Waals surface area contributed by atoms with Gasteiger partial charge in [-0.3, -0.25) is 5.41 Å².